The number of hydrogen-bond donors (Lipinski definition) is 1. The van der Waals surface area contributed by atoms with Crippen LogP contribution in [0, 0.1) is 11.8 Å². The molecule has 6 heteroatoms. The van der Waals surface area contributed by atoms with Gasteiger partial charge in [-0.25, -0.2) is 0 Å². The first-order chi connectivity index (χ1) is 9.11. The highest BCUT2D eigenvalue weighted by atomic mass is 16.6. The zero-order valence-electron chi connectivity index (χ0n) is 12.5. The van der Waals surface area contributed by atoms with E-state index in [1.165, 1.54) is 4.90 Å². The minimum Gasteiger partial charge on any atom is -0.481 e. The zero-order valence-corrected chi connectivity index (χ0v) is 12.5. The van der Waals surface area contributed by atoms with Crippen molar-refractivity contribution in [1.82, 2.24) is 4.90 Å². The molecule has 0 aromatic carbocycles. The lowest BCUT2D eigenvalue weighted by Gasteiger charge is -2.35. The van der Waals surface area contributed by atoms with Crippen LogP contribution in [0.5, 0.6) is 0 Å². The second kappa shape index (κ2) is 6.24. The molecule has 1 aliphatic carbocycles. The normalized spacial score (nSPS) is 21.8. The van der Waals surface area contributed by atoms with Gasteiger partial charge in [-0.3, -0.25) is 14.4 Å². The number of hydrogen-bond acceptors (Lipinski definition) is 4. The summed E-state index contributed by atoms with van der Waals surface area (Å²) < 4.78 is 5.16. The van der Waals surface area contributed by atoms with E-state index in [-0.39, 0.29) is 24.8 Å². The third-order valence-electron chi connectivity index (χ3n) is 3.36. The number of carbonyl (C=O) groups excluding carboxylic acids is 2. The van der Waals surface area contributed by atoms with Crippen LogP contribution < -0.4 is 0 Å². The first-order valence-corrected chi connectivity index (χ1v) is 6.81. The average Bonchev–Trinajstić information content (AvgIpc) is 2.20. The molecule has 0 radical (unpaired) electrons. The Hall–Kier alpha value is -1.59. The third-order valence-corrected chi connectivity index (χ3v) is 3.36. The van der Waals surface area contributed by atoms with Gasteiger partial charge in [-0.15, -0.1) is 0 Å². The minimum absolute atomic E-state index is 0.115. The smallest absolute Gasteiger partial charge is 0.308 e. The molecule has 1 fully saturated rings. The fourth-order valence-electron chi connectivity index (χ4n) is 2.14. The van der Waals surface area contributed by atoms with E-state index in [0.29, 0.717) is 12.8 Å². The van der Waals surface area contributed by atoms with Gasteiger partial charge in [0.15, 0.2) is 0 Å². The van der Waals surface area contributed by atoms with Gasteiger partial charge in [-0.1, -0.05) is 0 Å². The van der Waals surface area contributed by atoms with Crippen LogP contribution in [0.3, 0.4) is 0 Å². The summed E-state index contributed by atoms with van der Waals surface area (Å²) in [6.07, 6.45) is 1.27. The van der Waals surface area contributed by atoms with Gasteiger partial charge in [0, 0.05) is 13.6 Å². The lowest BCUT2D eigenvalue weighted by Crippen LogP contribution is -2.45. The highest BCUT2D eigenvalue weighted by Crippen LogP contribution is 2.35. The van der Waals surface area contributed by atoms with Gasteiger partial charge in [0.25, 0.3) is 0 Å². The van der Waals surface area contributed by atoms with E-state index in [0.717, 1.165) is 0 Å². The van der Waals surface area contributed by atoms with Crippen molar-refractivity contribution in [1.29, 1.82) is 0 Å². The Morgan fingerprint density at radius 1 is 1.20 bits per heavy atom. The predicted molar refractivity (Wildman–Crippen MR) is 71.9 cm³/mol. The van der Waals surface area contributed by atoms with Crippen molar-refractivity contribution in [2.75, 3.05) is 13.6 Å². The zero-order chi connectivity index (χ0) is 15.5. The number of carboxylic acid groups (broad SMARTS) is 1. The second-order valence-electron chi connectivity index (χ2n) is 6.22. The van der Waals surface area contributed by atoms with Gasteiger partial charge in [-0.2, -0.15) is 0 Å². The Morgan fingerprint density at radius 3 is 2.15 bits per heavy atom. The van der Waals surface area contributed by atoms with Gasteiger partial charge in [0.1, 0.15) is 5.60 Å². The highest BCUT2D eigenvalue weighted by Gasteiger charge is 2.42. The van der Waals surface area contributed by atoms with Crippen molar-refractivity contribution in [2.45, 2.75) is 45.6 Å². The van der Waals surface area contributed by atoms with Crippen molar-refractivity contribution in [3.8, 4) is 0 Å². The van der Waals surface area contributed by atoms with E-state index >= 15 is 0 Å². The van der Waals surface area contributed by atoms with E-state index in [2.05, 4.69) is 0 Å². The van der Waals surface area contributed by atoms with Gasteiger partial charge in [0.2, 0.25) is 5.91 Å². The molecule has 0 aliphatic heterocycles. The van der Waals surface area contributed by atoms with Crippen LogP contribution in [-0.4, -0.2) is 47.0 Å². The number of rotatable bonds is 5. The summed E-state index contributed by atoms with van der Waals surface area (Å²) in [4.78, 5) is 35.9. The molecule has 1 amide bonds. The number of amides is 1. The summed E-state index contributed by atoms with van der Waals surface area (Å²) >= 11 is 0. The molecule has 0 aromatic rings. The fourth-order valence-corrected chi connectivity index (χ4v) is 2.14. The van der Waals surface area contributed by atoms with E-state index in [4.69, 9.17) is 9.84 Å². The molecular weight excluding hydrogens is 262 g/mol. The van der Waals surface area contributed by atoms with Gasteiger partial charge in [0.05, 0.1) is 18.3 Å². The molecule has 1 saturated carbocycles. The van der Waals surface area contributed by atoms with E-state index in [1.807, 2.05) is 0 Å². The molecule has 1 N–H and O–H groups in total. The van der Waals surface area contributed by atoms with Crippen molar-refractivity contribution >= 4 is 17.8 Å². The SMILES string of the molecule is CN(CCC(=O)OC(C)(C)C)C(=O)C1CCC1C(=O)O. The molecule has 2 atom stereocenters. The molecule has 0 aromatic heterocycles. The number of aliphatic carboxylic acids is 1. The quantitative estimate of drug-likeness (QED) is 0.769. The Balaban J connectivity index is 2.39. The van der Waals surface area contributed by atoms with Crippen LogP contribution in [-0.2, 0) is 19.1 Å². The Morgan fingerprint density at radius 2 is 1.75 bits per heavy atom. The van der Waals surface area contributed by atoms with Crippen LogP contribution >= 0.6 is 0 Å². The number of carbonyl (C=O) groups is 3. The van der Waals surface area contributed by atoms with Crippen molar-refractivity contribution < 1.29 is 24.2 Å². The largest absolute Gasteiger partial charge is 0.481 e. The summed E-state index contributed by atoms with van der Waals surface area (Å²) in [5.74, 6) is -2.51. The minimum atomic E-state index is -0.921. The van der Waals surface area contributed by atoms with Crippen molar-refractivity contribution in [2.24, 2.45) is 11.8 Å². The fraction of sp³-hybridized carbons (Fsp3) is 0.786. The van der Waals surface area contributed by atoms with Crippen LogP contribution in [0.2, 0.25) is 0 Å². The molecule has 0 heterocycles. The van der Waals surface area contributed by atoms with Crippen molar-refractivity contribution in [3.63, 3.8) is 0 Å². The maximum absolute atomic E-state index is 12.0. The highest BCUT2D eigenvalue weighted by molar-refractivity contribution is 5.86. The molecule has 1 rings (SSSR count). The monoisotopic (exact) mass is 285 g/mol. The number of esters is 1. The van der Waals surface area contributed by atoms with E-state index in [9.17, 15) is 14.4 Å². The van der Waals surface area contributed by atoms with Crippen molar-refractivity contribution in [3.05, 3.63) is 0 Å². The number of carboxylic acids is 1. The first kappa shape index (κ1) is 16.5. The lowest BCUT2D eigenvalue weighted by atomic mass is 9.73. The van der Waals surface area contributed by atoms with Gasteiger partial charge < -0.3 is 14.7 Å². The summed E-state index contributed by atoms with van der Waals surface area (Å²) in [5, 5.41) is 8.94. The standard InChI is InChI=1S/C14H23NO5/c1-14(2,3)20-11(16)7-8-15(4)12(17)9-5-6-10(9)13(18)19/h9-10H,5-8H2,1-4H3,(H,18,19). The molecule has 0 saturated heterocycles. The number of ether oxygens (including phenoxy) is 1. The maximum Gasteiger partial charge on any atom is 0.308 e. The maximum atomic E-state index is 12.0. The first-order valence-electron chi connectivity index (χ1n) is 6.81. The molecule has 1 aliphatic rings. The van der Waals surface area contributed by atoms with E-state index in [1.54, 1.807) is 27.8 Å². The Labute approximate surface area is 119 Å². The topological polar surface area (TPSA) is 83.9 Å². The summed E-state index contributed by atoms with van der Waals surface area (Å²) in [5.41, 5.74) is -0.540. The van der Waals surface area contributed by atoms with Crippen LogP contribution in [0.15, 0.2) is 0 Å². The van der Waals surface area contributed by atoms with E-state index < -0.39 is 23.4 Å². The Bertz CT molecular complexity index is 399. The number of nitrogens with zero attached hydrogens (tertiary/aromatic N) is 1. The predicted octanol–water partition coefficient (Wildman–Crippen LogP) is 1.29. The lowest BCUT2D eigenvalue weighted by molar-refractivity contribution is -0.158. The molecule has 114 valence electrons. The van der Waals surface area contributed by atoms with Crippen LogP contribution in [0.25, 0.3) is 0 Å². The van der Waals surface area contributed by atoms with Gasteiger partial charge in [-0.05, 0) is 33.6 Å². The second-order valence-corrected chi connectivity index (χ2v) is 6.22. The summed E-state index contributed by atoms with van der Waals surface area (Å²) in [6.45, 7) is 5.60. The van der Waals surface area contributed by atoms with Gasteiger partial charge >= 0.3 is 11.9 Å². The van der Waals surface area contributed by atoms with Crippen LogP contribution in [0.4, 0.5) is 0 Å². The summed E-state index contributed by atoms with van der Waals surface area (Å²) in [6, 6.07) is 0. The molecule has 6 nitrogen and oxygen atoms in total. The third kappa shape index (κ3) is 4.51. The summed E-state index contributed by atoms with van der Waals surface area (Å²) in [7, 11) is 1.59. The molecule has 0 bridgehead atoms. The Kier molecular flexibility index (Phi) is 5.14. The average molecular weight is 285 g/mol. The molecule has 0 spiro atoms. The molecule has 2 unspecified atom stereocenters. The van der Waals surface area contributed by atoms with Crippen LogP contribution in [0.1, 0.15) is 40.0 Å². The molecular formula is C14H23NO5. The molecule has 20 heavy (non-hydrogen) atoms.